The Morgan fingerprint density at radius 1 is 0.781 bits per heavy atom. The van der Waals surface area contributed by atoms with Crippen molar-refractivity contribution in [3.63, 3.8) is 0 Å². The zero-order valence-electron chi connectivity index (χ0n) is 19.4. The number of hydrogen-bond donors (Lipinski definition) is 0. The Kier molecular flexibility index (Phi) is 10.3. The normalized spacial score (nSPS) is 21.1. The molecule has 0 spiro atoms. The molecule has 0 N–H and O–H groups in total. The van der Waals surface area contributed by atoms with Gasteiger partial charge in [-0.1, -0.05) is 113 Å². The van der Waals surface area contributed by atoms with Gasteiger partial charge in [0.05, 0.1) is 12.0 Å². The molecule has 0 unspecified atom stereocenters. The summed E-state index contributed by atoms with van der Waals surface area (Å²) in [5.41, 5.74) is 1.56. The fraction of sp³-hybridized carbons (Fsp3) is 0.464. The van der Waals surface area contributed by atoms with Gasteiger partial charge in [0.15, 0.2) is 5.90 Å². The zero-order valence-corrected chi connectivity index (χ0v) is 21.4. The van der Waals surface area contributed by atoms with Crippen molar-refractivity contribution >= 4 is 24.4 Å². The third-order valence-electron chi connectivity index (χ3n) is 6.44. The predicted octanol–water partition coefficient (Wildman–Crippen LogP) is 6.81. The van der Waals surface area contributed by atoms with Crippen molar-refractivity contribution in [2.24, 2.45) is 10.9 Å². The van der Waals surface area contributed by atoms with Gasteiger partial charge in [0.1, 0.15) is 6.61 Å². The standard InChI is InChI=1S/C23H26NOP.C5H10.Fe/c1-17(2)21-16-25-23(24-21)20-14-9-15-22(20)26(18-10-5-3-6-11-18)19-12-7-4-8-13-19;1-2-4-5-3-1;/h3-8,10-13,17,21H,9,14-16H2,1-2H3;1-5H2;/t21-;;/m1../s1. The summed E-state index contributed by atoms with van der Waals surface area (Å²) in [4.78, 5) is 4.94. The van der Waals surface area contributed by atoms with Gasteiger partial charge in [0.2, 0.25) is 0 Å². The molecule has 2 aromatic rings. The van der Waals surface area contributed by atoms with Gasteiger partial charge in [-0.2, -0.15) is 0 Å². The Morgan fingerprint density at radius 2 is 1.31 bits per heavy atom. The fourth-order valence-corrected chi connectivity index (χ4v) is 7.32. The van der Waals surface area contributed by atoms with Gasteiger partial charge in [-0.25, -0.2) is 4.99 Å². The van der Waals surface area contributed by atoms with Crippen LogP contribution in [0.1, 0.15) is 65.2 Å². The average molecular weight is 489 g/mol. The van der Waals surface area contributed by atoms with Crippen LogP contribution >= 0.6 is 7.92 Å². The number of ether oxygens (including phenoxy) is 1. The minimum atomic E-state index is -0.518. The summed E-state index contributed by atoms with van der Waals surface area (Å²) >= 11 is 0. The predicted molar refractivity (Wildman–Crippen MR) is 135 cm³/mol. The van der Waals surface area contributed by atoms with Gasteiger partial charge in [-0.3, -0.25) is 0 Å². The first-order valence-corrected chi connectivity index (χ1v) is 13.4. The van der Waals surface area contributed by atoms with Crippen LogP contribution in [0, 0.1) is 17.5 Å². The molecule has 0 bridgehead atoms. The van der Waals surface area contributed by atoms with Crippen LogP contribution in [0.3, 0.4) is 0 Å². The maximum Gasteiger partial charge on any atom is 0.192 e. The molecule has 0 saturated heterocycles. The second-order valence-electron chi connectivity index (χ2n) is 9.11. The SMILES string of the molecule is C1CCCC1.CC(C)[C@H]1COC([C]2CCC[C]2P(c2ccccc2)c2ccccc2)=N1.[Fe]. The molecule has 0 amide bonds. The van der Waals surface area contributed by atoms with E-state index in [-0.39, 0.29) is 17.1 Å². The van der Waals surface area contributed by atoms with Gasteiger partial charge in [-0.05, 0) is 37.3 Å². The Balaban J connectivity index is 0.000000427. The number of hydrogen-bond acceptors (Lipinski definition) is 2. The van der Waals surface area contributed by atoms with E-state index in [1.165, 1.54) is 55.1 Å². The van der Waals surface area contributed by atoms with Gasteiger partial charge in [0.25, 0.3) is 0 Å². The van der Waals surface area contributed by atoms with E-state index in [9.17, 15) is 0 Å². The maximum atomic E-state index is 6.07. The quantitative estimate of drug-likeness (QED) is 0.334. The topological polar surface area (TPSA) is 21.6 Å². The molecular formula is C28H36FeNOP. The Morgan fingerprint density at radius 3 is 1.78 bits per heavy atom. The first-order chi connectivity index (χ1) is 15.2. The number of rotatable bonds is 5. The van der Waals surface area contributed by atoms with Crippen molar-refractivity contribution in [2.45, 2.75) is 71.3 Å². The molecule has 5 rings (SSSR count). The van der Waals surface area contributed by atoms with E-state index < -0.39 is 7.92 Å². The van der Waals surface area contributed by atoms with E-state index in [2.05, 4.69) is 74.5 Å². The van der Waals surface area contributed by atoms with Crippen molar-refractivity contribution in [1.29, 1.82) is 0 Å². The molecular weight excluding hydrogens is 453 g/mol. The fourth-order valence-electron chi connectivity index (χ4n) is 4.60. The average Bonchev–Trinajstić information content (AvgIpc) is 3.58. The molecule has 2 aromatic carbocycles. The smallest absolute Gasteiger partial charge is 0.192 e. The zero-order chi connectivity index (χ0) is 21.5. The molecule has 2 aliphatic carbocycles. The van der Waals surface area contributed by atoms with Crippen LogP contribution in [0.15, 0.2) is 65.7 Å². The Hall–Kier alpha value is -1.14. The van der Waals surface area contributed by atoms with E-state index in [0.717, 1.165) is 25.3 Å². The van der Waals surface area contributed by atoms with E-state index in [1.807, 2.05) is 0 Å². The van der Waals surface area contributed by atoms with Gasteiger partial charge < -0.3 is 4.74 Å². The molecule has 3 aliphatic rings. The first-order valence-electron chi connectivity index (χ1n) is 12.1. The molecule has 2 saturated carbocycles. The molecule has 0 aromatic heterocycles. The van der Waals surface area contributed by atoms with Crippen LogP contribution in [0.2, 0.25) is 0 Å². The molecule has 1 heterocycles. The minimum absolute atomic E-state index is 0. The van der Waals surface area contributed by atoms with Gasteiger partial charge in [-0.15, -0.1) is 0 Å². The third-order valence-corrected chi connectivity index (χ3v) is 9.10. The molecule has 2 fully saturated rings. The largest absolute Gasteiger partial charge is 0.478 e. The van der Waals surface area contributed by atoms with Gasteiger partial charge >= 0.3 is 0 Å². The number of aliphatic imine (C=N–C) groups is 1. The van der Waals surface area contributed by atoms with Crippen LogP contribution in [-0.4, -0.2) is 18.5 Å². The number of benzene rings is 2. The molecule has 2 radical (unpaired) electrons. The van der Waals surface area contributed by atoms with Crippen molar-refractivity contribution in [3.8, 4) is 0 Å². The molecule has 4 heteroatoms. The summed E-state index contributed by atoms with van der Waals surface area (Å²) in [6.07, 6.45) is 11.0. The van der Waals surface area contributed by atoms with Crippen molar-refractivity contribution in [2.75, 3.05) is 6.61 Å². The van der Waals surface area contributed by atoms with Crippen LogP contribution in [0.5, 0.6) is 0 Å². The van der Waals surface area contributed by atoms with Crippen molar-refractivity contribution in [3.05, 3.63) is 72.2 Å². The van der Waals surface area contributed by atoms with Gasteiger partial charge in [0, 0.05) is 22.7 Å². The second kappa shape index (κ2) is 12.9. The third kappa shape index (κ3) is 6.47. The van der Waals surface area contributed by atoms with Crippen molar-refractivity contribution in [1.82, 2.24) is 0 Å². The molecule has 1 aliphatic heterocycles. The maximum absolute atomic E-state index is 6.07. The Bertz CT molecular complexity index is 775. The summed E-state index contributed by atoms with van der Waals surface area (Å²) < 4.78 is 6.07. The molecule has 172 valence electrons. The second-order valence-corrected chi connectivity index (χ2v) is 11.4. The van der Waals surface area contributed by atoms with Crippen LogP contribution in [0.25, 0.3) is 0 Å². The van der Waals surface area contributed by atoms with E-state index in [0.29, 0.717) is 12.0 Å². The van der Waals surface area contributed by atoms with E-state index in [1.54, 1.807) is 5.66 Å². The number of nitrogens with zero attached hydrogens (tertiary/aromatic N) is 1. The summed E-state index contributed by atoms with van der Waals surface area (Å²) in [5, 5.41) is 2.84. The minimum Gasteiger partial charge on any atom is -0.478 e. The van der Waals surface area contributed by atoms with Crippen LogP contribution in [0.4, 0.5) is 0 Å². The Labute approximate surface area is 206 Å². The molecule has 32 heavy (non-hydrogen) atoms. The monoisotopic (exact) mass is 489 g/mol. The summed E-state index contributed by atoms with van der Waals surface area (Å²) in [6, 6.07) is 22.2. The summed E-state index contributed by atoms with van der Waals surface area (Å²) in [5.74, 6) is 2.84. The van der Waals surface area contributed by atoms with E-state index >= 15 is 0 Å². The summed E-state index contributed by atoms with van der Waals surface area (Å²) in [6.45, 7) is 5.19. The van der Waals surface area contributed by atoms with Crippen LogP contribution < -0.4 is 10.6 Å². The van der Waals surface area contributed by atoms with Crippen LogP contribution in [-0.2, 0) is 21.8 Å². The van der Waals surface area contributed by atoms with Crippen molar-refractivity contribution < 1.29 is 21.8 Å². The molecule has 1 atom stereocenters. The van der Waals surface area contributed by atoms with E-state index in [4.69, 9.17) is 9.73 Å². The summed E-state index contributed by atoms with van der Waals surface area (Å²) in [7, 11) is -0.518. The first kappa shape index (κ1) is 25.5. The molecule has 2 nitrogen and oxygen atoms in total.